The minimum Gasteiger partial charge on any atom is -0.331 e. The number of para-hydroxylation sites is 1. The third-order valence-electron chi connectivity index (χ3n) is 4.15. The molecule has 0 spiro atoms. The number of benzene rings is 2. The van der Waals surface area contributed by atoms with Crippen LogP contribution in [0.5, 0.6) is 0 Å². The molecule has 128 valence electrons. The average molecular weight is 350 g/mol. The Labute approximate surface area is 153 Å². The van der Waals surface area contributed by atoms with Crippen LogP contribution >= 0.6 is 12.2 Å². The molecule has 25 heavy (non-hydrogen) atoms. The summed E-state index contributed by atoms with van der Waals surface area (Å²) in [6.45, 7) is 6.29. The first-order valence-corrected chi connectivity index (χ1v) is 8.76. The van der Waals surface area contributed by atoms with Crippen molar-refractivity contribution in [2.75, 3.05) is 10.7 Å². The smallest absolute Gasteiger partial charge is 0.189 e. The lowest BCUT2D eigenvalue weighted by Crippen LogP contribution is -2.33. The predicted octanol–water partition coefficient (Wildman–Crippen LogP) is 4.73. The second-order valence-corrected chi connectivity index (χ2v) is 6.46. The Morgan fingerprint density at radius 1 is 1.04 bits per heavy atom. The number of thiocarbonyl (C=S) groups is 1. The second kappa shape index (κ2) is 7.49. The molecule has 5 heteroatoms. The molecule has 0 atom stereocenters. The predicted molar refractivity (Wildman–Crippen MR) is 110 cm³/mol. The van der Waals surface area contributed by atoms with Gasteiger partial charge in [0, 0.05) is 11.1 Å². The number of aromatic nitrogens is 1. The zero-order valence-electron chi connectivity index (χ0n) is 14.7. The van der Waals surface area contributed by atoms with Gasteiger partial charge >= 0.3 is 0 Å². The van der Waals surface area contributed by atoms with Crippen molar-refractivity contribution in [3.63, 3.8) is 0 Å². The van der Waals surface area contributed by atoms with Crippen LogP contribution in [-0.4, -0.2) is 10.1 Å². The molecule has 0 amide bonds. The van der Waals surface area contributed by atoms with Crippen LogP contribution in [0.25, 0.3) is 10.9 Å². The largest absolute Gasteiger partial charge is 0.331 e. The lowest BCUT2D eigenvalue weighted by Gasteiger charge is -2.14. The monoisotopic (exact) mass is 350 g/mol. The Kier molecular flexibility index (Phi) is 5.14. The molecule has 1 aromatic heterocycles. The zero-order chi connectivity index (χ0) is 17.8. The molecule has 2 aromatic carbocycles. The number of hydrazine groups is 1. The fourth-order valence-corrected chi connectivity index (χ4v) is 2.95. The summed E-state index contributed by atoms with van der Waals surface area (Å²) >= 11 is 5.36. The molecular weight excluding hydrogens is 328 g/mol. The van der Waals surface area contributed by atoms with E-state index in [0.29, 0.717) is 5.11 Å². The Balaban J connectivity index is 1.69. The molecule has 4 nitrogen and oxygen atoms in total. The van der Waals surface area contributed by atoms with Crippen molar-refractivity contribution in [3.05, 3.63) is 65.2 Å². The van der Waals surface area contributed by atoms with E-state index in [2.05, 4.69) is 72.3 Å². The Morgan fingerprint density at radius 2 is 1.84 bits per heavy atom. The van der Waals surface area contributed by atoms with Crippen LogP contribution in [0, 0.1) is 13.8 Å². The average Bonchev–Trinajstić information content (AvgIpc) is 2.61. The van der Waals surface area contributed by atoms with Crippen LogP contribution in [0.15, 0.2) is 48.5 Å². The quantitative estimate of drug-likeness (QED) is 0.469. The van der Waals surface area contributed by atoms with E-state index >= 15 is 0 Å². The molecule has 0 unspecified atom stereocenters. The Morgan fingerprint density at radius 3 is 2.64 bits per heavy atom. The van der Waals surface area contributed by atoms with Gasteiger partial charge < -0.3 is 5.32 Å². The number of fused-ring (bicyclic) bond motifs is 1. The van der Waals surface area contributed by atoms with E-state index < -0.39 is 0 Å². The van der Waals surface area contributed by atoms with E-state index in [1.165, 1.54) is 16.5 Å². The first-order valence-electron chi connectivity index (χ1n) is 8.35. The summed E-state index contributed by atoms with van der Waals surface area (Å²) in [6.07, 6.45) is 0.994. The number of hydrogen-bond donors (Lipinski definition) is 3. The third kappa shape index (κ3) is 4.06. The maximum atomic E-state index is 5.36. The van der Waals surface area contributed by atoms with Crippen LogP contribution in [0.1, 0.15) is 23.6 Å². The highest BCUT2D eigenvalue weighted by Gasteiger charge is 2.05. The highest BCUT2D eigenvalue weighted by Crippen LogP contribution is 2.22. The van der Waals surface area contributed by atoms with Gasteiger partial charge in [-0.15, -0.1) is 0 Å². The van der Waals surface area contributed by atoms with E-state index in [1.54, 1.807) is 0 Å². The second-order valence-electron chi connectivity index (χ2n) is 6.05. The lowest BCUT2D eigenvalue weighted by molar-refractivity contribution is 1.10. The summed E-state index contributed by atoms with van der Waals surface area (Å²) in [5, 5.41) is 4.85. The van der Waals surface area contributed by atoms with Crippen LogP contribution in [0.4, 0.5) is 11.5 Å². The Hall–Kier alpha value is -2.66. The fraction of sp³-hybridized carbons (Fsp3) is 0.200. The normalized spacial score (nSPS) is 10.5. The molecule has 0 aliphatic carbocycles. The van der Waals surface area contributed by atoms with Crippen molar-refractivity contribution in [3.8, 4) is 0 Å². The van der Waals surface area contributed by atoms with Gasteiger partial charge in [-0.1, -0.05) is 37.3 Å². The number of rotatable bonds is 4. The molecule has 0 saturated heterocycles. The molecule has 0 radical (unpaired) electrons. The van der Waals surface area contributed by atoms with E-state index in [0.717, 1.165) is 29.0 Å². The number of hydrogen-bond acceptors (Lipinski definition) is 3. The standard InChI is InChI=1S/C20H22N4S/c1-4-15-8-6-9-16(12-15)21-20(25)24-23-18-11-14(3)17-10-5-7-13(2)19(17)22-18/h5-12H,4H2,1-3H3,(H,22,23)(H2,21,24,25). The van der Waals surface area contributed by atoms with Gasteiger partial charge in [-0.3, -0.25) is 10.9 Å². The molecule has 0 aliphatic rings. The SMILES string of the molecule is CCc1cccc(NC(=S)NNc2cc(C)c3cccc(C)c3n2)c1. The van der Waals surface area contributed by atoms with Gasteiger partial charge in [0.05, 0.1) is 5.52 Å². The van der Waals surface area contributed by atoms with Crippen molar-refractivity contribution < 1.29 is 0 Å². The maximum Gasteiger partial charge on any atom is 0.189 e. The summed E-state index contributed by atoms with van der Waals surface area (Å²) in [4.78, 5) is 4.68. The first-order chi connectivity index (χ1) is 12.1. The topological polar surface area (TPSA) is 49.0 Å². The summed E-state index contributed by atoms with van der Waals surface area (Å²) in [5.74, 6) is 0.741. The third-order valence-corrected chi connectivity index (χ3v) is 4.35. The van der Waals surface area contributed by atoms with Crippen LogP contribution in [0.2, 0.25) is 0 Å². The van der Waals surface area contributed by atoms with Crippen molar-refractivity contribution in [1.29, 1.82) is 0 Å². The van der Waals surface area contributed by atoms with Gasteiger partial charge in [-0.05, 0) is 67.4 Å². The van der Waals surface area contributed by atoms with Gasteiger partial charge in [0.2, 0.25) is 0 Å². The van der Waals surface area contributed by atoms with Gasteiger partial charge in [-0.2, -0.15) is 0 Å². The molecule has 3 N–H and O–H groups in total. The van der Waals surface area contributed by atoms with Gasteiger partial charge in [0.15, 0.2) is 5.11 Å². The van der Waals surface area contributed by atoms with E-state index in [4.69, 9.17) is 12.2 Å². The number of aryl methyl sites for hydroxylation is 3. The van der Waals surface area contributed by atoms with E-state index in [1.807, 2.05) is 18.2 Å². The van der Waals surface area contributed by atoms with Crippen molar-refractivity contribution in [2.45, 2.75) is 27.2 Å². The summed E-state index contributed by atoms with van der Waals surface area (Å²) in [6, 6.07) is 16.4. The minimum absolute atomic E-state index is 0.498. The number of nitrogens with one attached hydrogen (secondary N) is 3. The zero-order valence-corrected chi connectivity index (χ0v) is 15.5. The number of nitrogens with zero attached hydrogens (tertiary/aromatic N) is 1. The molecular formula is C20H22N4S. The highest BCUT2D eigenvalue weighted by atomic mass is 32.1. The summed E-state index contributed by atoms with van der Waals surface area (Å²) in [7, 11) is 0. The molecule has 0 aliphatic heterocycles. The minimum atomic E-state index is 0.498. The number of pyridine rings is 1. The summed E-state index contributed by atoms with van der Waals surface area (Å²) < 4.78 is 0. The molecule has 3 rings (SSSR count). The van der Waals surface area contributed by atoms with Crippen molar-refractivity contribution in [1.82, 2.24) is 10.4 Å². The molecule has 1 heterocycles. The van der Waals surface area contributed by atoms with Crippen molar-refractivity contribution >= 4 is 39.7 Å². The Bertz CT molecular complexity index is 921. The molecule has 0 saturated carbocycles. The van der Waals surface area contributed by atoms with Gasteiger partial charge in [0.1, 0.15) is 5.82 Å². The van der Waals surface area contributed by atoms with Gasteiger partial charge in [-0.25, -0.2) is 4.98 Å². The van der Waals surface area contributed by atoms with E-state index in [9.17, 15) is 0 Å². The van der Waals surface area contributed by atoms with Crippen molar-refractivity contribution in [2.24, 2.45) is 0 Å². The first kappa shape index (κ1) is 17.2. The van der Waals surface area contributed by atoms with Gasteiger partial charge in [0.25, 0.3) is 0 Å². The number of anilines is 2. The van der Waals surface area contributed by atoms with Crippen LogP contribution < -0.4 is 16.2 Å². The molecule has 3 aromatic rings. The molecule has 0 fully saturated rings. The van der Waals surface area contributed by atoms with Crippen LogP contribution in [0.3, 0.4) is 0 Å². The fourth-order valence-electron chi connectivity index (χ4n) is 2.78. The molecule has 0 bridgehead atoms. The maximum absolute atomic E-state index is 5.36. The summed E-state index contributed by atoms with van der Waals surface area (Å²) in [5.41, 5.74) is 11.7. The van der Waals surface area contributed by atoms with Crippen LogP contribution in [-0.2, 0) is 6.42 Å². The lowest BCUT2D eigenvalue weighted by atomic mass is 10.1. The van der Waals surface area contributed by atoms with E-state index in [-0.39, 0.29) is 0 Å². The highest BCUT2D eigenvalue weighted by molar-refractivity contribution is 7.80.